The number of esters is 1. The molecule has 0 aromatic carbocycles. The molecule has 0 spiro atoms. The van der Waals surface area contributed by atoms with Gasteiger partial charge in [0.15, 0.2) is 0 Å². The van der Waals surface area contributed by atoms with Gasteiger partial charge in [-0.2, -0.15) is 0 Å². The van der Waals surface area contributed by atoms with Crippen LogP contribution in [0.3, 0.4) is 0 Å². The standard InChI is InChI=1S/C12H24N2O3/c1-6-11(14(4)5)13-7-10(15)8-17-12(16)9(2)3/h10-11,13,15H,2,6-8H2,1,3-5H3. The minimum atomic E-state index is -0.702. The van der Waals surface area contributed by atoms with Crippen molar-refractivity contribution in [2.24, 2.45) is 0 Å². The molecule has 0 aromatic rings. The summed E-state index contributed by atoms with van der Waals surface area (Å²) in [4.78, 5) is 13.1. The first-order valence-electron chi connectivity index (χ1n) is 5.79. The van der Waals surface area contributed by atoms with Gasteiger partial charge in [0, 0.05) is 12.1 Å². The average Bonchev–Trinajstić information content (AvgIpc) is 2.25. The predicted octanol–water partition coefficient (Wildman–Crippen LogP) is 0.354. The maximum absolute atomic E-state index is 11.1. The van der Waals surface area contributed by atoms with E-state index in [1.54, 1.807) is 6.92 Å². The zero-order chi connectivity index (χ0) is 13.4. The van der Waals surface area contributed by atoms with E-state index in [2.05, 4.69) is 18.8 Å². The fraction of sp³-hybridized carbons (Fsp3) is 0.750. The number of aliphatic hydroxyl groups is 1. The number of rotatable bonds is 8. The molecule has 0 saturated carbocycles. The molecule has 100 valence electrons. The van der Waals surface area contributed by atoms with Crippen molar-refractivity contribution in [1.82, 2.24) is 10.2 Å². The van der Waals surface area contributed by atoms with Crippen molar-refractivity contribution in [2.75, 3.05) is 27.2 Å². The molecule has 0 aliphatic rings. The molecule has 17 heavy (non-hydrogen) atoms. The molecule has 0 heterocycles. The van der Waals surface area contributed by atoms with Gasteiger partial charge < -0.3 is 9.84 Å². The highest BCUT2D eigenvalue weighted by molar-refractivity contribution is 5.86. The largest absolute Gasteiger partial charge is 0.460 e. The third kappa shape index (κ3) is 7.10. The van der Waals surface area contributed by atoms with E-state index in [9.17, 15) is 9.90 Å². The first kappa shape index (κ1) is 16.1. The Balaban J connectivity index is 3.83. The van der Waals surface area contributed by atoms with Gasteiger partial charge >= 0.3 is 5.97 Å². The van der Waals surface area contributed by atoms with E-state index in [4.69, 9.17) is 4.74 Å². The van der Waals surface area contributed by atoms with Crippen LogP contribution in [0.15, 0.2) is 12.2 Å². The zero-order valence-corrected chi connectivity index (χ0v) is 11.2. The summed E-state index contributed by atoms with van der Waals surface area (Å²) in [7, 11) is 3.93. The van der Waals surface area contributed by atoms with Crippen LogP contribution in [-0.2, 0) is 9.53 Å². The first-order chi connectivity index (χ1) is 7.88. The summed E-state index contributed by atoms with van der Waals surface area (Å²) >= 11 is 0. The summed E-state index contributed by atoms with van der Waals surface area (Å²) in [5.41, 5.74) is 0.338. The minimum absolute atomic E-state index is 0.0114. The molecule has 2 N–H and O–H groups in total. The molecule has 0 amide bonds. The number of nitrogens with zero attached hydrogens (tertiary/aromatic N) is 1. The van der Waals surface area contributed by atoms with Crippen molar-refractivity contribution < 1.29 is 14.6 Å². The Labute approximate surface area is 103 Å². The van der Waals surface area contributed by atoms with Crippen LogP contribution in [0, 0.1) is 0 Å². The van der Waals surface area contributed by atoms with Gasteiger partial charge in [-0.1, -0.05) is 13.5 Å². The van der Waals surface area contributed by atoms with Crippen LogP contribution in [-0.4, -0.2) is 55.5 Å². The lowest BCUT2D eigenvalue weighted by Gasteiger charge is -2.25. The highest BCUT2D eigenvalue weighted by Gasteiger charge is 2.12. The Hall–Kier alpha value is -0.910. The Morgan fingerprint density at radius 1 is 1.53 bits per heavy atom. The van der Waals surface area contributed by atoms with Crippen LogP contribution in [0.4, 0.5) is 0 Å². The van der Waals surface area contributed by atoms with E-state index >= 15 is 0 Å². The molecule has 5 heteroatoms. The third-order valence-electron chi connectivity index (χ3n) is 2.35. The lowest BCUT2D eigenvalue weighted by atomic mass is 10.3. The number of hydrogen-bond donors (Lipinski definition) is 2. The number of hydrogen-bond acceptors (Lipinski definition) is 5. The molecule has 0 aliphatic carbocycles. The molecule has 0 aliphatic heterocycles. The zero-order valence-electron chi connectivity index (χ0n) is 11.2. The Morgan fingerprint density at radius 2 is 2.12 bits per heavy atom. The van der Waals surface area contributed by atoms with E-state index in [0.29, 0.717) is 12.1 Å². The second-order valence-corrected chi connectivity index (χ2v) is 4.33. The van der Waals surface area contributed by atoms with Crippen LogP contribution in [0.2, 0.25) is 0 Å². The smallest absolute Gasteiger partial charge is 0.333 e. The Morgan fingerprint density at radius 3 is 2.53 bits per heavy atom. The highest BCUT2D eigenvalue weighted by atomic mass is 16.5. The van der Waals surface area contributed by atoms with Gasteiger partial charge in [0.2, 0.25) is 0 Å². The molecule has 0 radical (unpaired) electrons. The van der Waals surface area contributed by atoms with Gasteiger partial charge in [0.25, 0.3) is 0 Å². The molecule has 0 aromatic heterocycles. The van der Waals surface area contributed by atoms with Crippen molar-refractivity contribution in [2.45, 2.75) is 32.5 Å². The second-order valence-electron chi connectivity index (χ2n) is 4.33. The highest BCUT2D eigenvalue weighted by Crippen LogP contribution is 1.97. The quantitative estimate of drug-likeness (QED) is 0.366. The van der Waals surface area contributed by atoms with Gasteiger partial charge in [0.05, 0.1) is 6.17 Å². The predicted molar refractivity (Wildman–Crippen MR) is 67.5 cm³/mol. The van der Waals surface area contributed by atoms with Gasteiger partial charge in [-0.25, -0.2) is 4.79 Å². The van der Waals surface area contributed by atoms with E-state index in [0.717, 1.165) is 6.42 Å². The molecule has 0 rings (SSSR count). The number of ether oxygens (including phenoxy) is 1. The fourth-order valence-corrected chi connectivity index (χ4v) is 1.32. The van der Waals surface area contributed by atoms with Crippen molar-refractivity contribution in [3.05, 3.63) is 12.2 Å². The molecular weight excluding hydrogens is 220 g/mol. The van der Waals surface area contributed by atoms with Crippen LogP contribution < -0.4 is 5.32 Å². The number of carbonyl (C=O) groups excluding carboxylic acids is 1. The van der Waals surface area contributed by atoms with E-state index in [1.807, 2.05) is 19.0 Å². The SMILES string of the molecule is C=C(C)C(=O)OCC(O)CNC(CC)N(C)C. The summed E-state index contributed by atoms with van der Waals surface area (Å²) in [5.74, 6) is -0.469. The average molecular weight is 244 g/mol. The van der Waals surface area contributed by atoms with E-state index in [-0.39, 0.29) is 12.8 Å². The number of aliphatic hydroxyl groups excluding tert-OH is 1. The van der Waals surface area contributed by atoms with Crippen LogP contribution >= 0.6 is 0 Å². The summed E-state index contributed by atoms with van der Waals surface area (Å²) < 4.78 is 4.85. The first-order valence-corrected chi connectivity index (χ1v) is 5.79. The van der Waals surface area contributed by atoms with Crippen molar-refractivity contribution in [1.29, 1.82) is 0 Å². The van der Waals surface area contributed by atoms with Crippen molar-refractivity contribution in [3.63, 3.8) is 0 Å². The third-order valence-corrected chi connectivity index (χ3v) is 2.35. The molecular formula is C12H24N2O3. The van der Waals surface area contributed by atoms with Crippen molar-refractivity contribution in [3.8, 4) is 0 Å². The monoisotopic (exact) mass is 244 g/mol. The van der Waals surface area contributed by atoms with E-state index in [1.165, 1.54) is 0 Å². The summed E-state index contributed by atoms with van der Waals surface area (Å²) in [6, 6.07) is 0. The second kappa shape index (κ2) is 8.22. The van der Waals surface area contributed by atoms with Crippen LogP contribution in [0.1, 0.15) is 20.3 Å². The van der Waals surface area contributed by atoms with Gasteiger partial charge in [-0.05, 0) is 27.4 Å². The normalized spacial score (nSPS) is 14.5. The maximum atomic E-state index is 11.1. The fourth-order valence-electron chi connectivity index (χ4n) is 1.32. The van der Waals surface area contributed by atoms with Crippen LogP contribution in [0.5, 0.6) is 0 Å². The summed E-state index contributed by atoms with van der Waals surface area (Å²) in [6.07, 6.45) is 0.444. The maximum Gasteiger partial charge on any atom is 0.333 e. The summed E-state index contributed by atoms with van der Waals surface area (Å²) in [6.45, 7) is 7.48. The molecule has 5 nitrogen and oxygen atoms in total. The molecule has 0 bridgehead atoms. The minimum Gasteiger partial charge on any atom is -0.460 e. The topological polar surface area (TPSA) is 61.8 Å². The van der Waals surface area contributed by atoms with E-state index < -0.39 is 12.1 Å². The molecule has 2 unspecified atom stereocenters. The molecule has 0 saturated heterocycles. The molecule has 0 fully saturated rings. The lowest BCUT2D eigenvalue weighted by molar-refractivity contribution is -0.141. The van der Waals surface area contributed by atoms with Gasteiger partial charge in [-0.15, -0.1) is 0 Å². The summed E-state index contributed by atoms with van der Waals surface area (Å²) in [5, 5.41) is 12.8. The van der Waals surface area contributed by atoms with Crippen LogP contribution in [0.25, 0.3) is 0 Å². The Kier molecular flexibility index (Phi) is 7.78. The van der Waals surface area contributed by atoms with Crippen molar-refractivity contribution >= 4 is 5.97 Å². The van der Waals surface area contributed by atoms with Gasteiger partial charge in [0.1, 0.15) is 12.7 Å². The lowest BCUT2D eigenvalue weighted by Crippen LogP contribution is -2.45. The Bertz CT molecular complexity index is 254. The van der Waals surface area contributed by atoms with Gasteiger partial charge in [-0.3, -0.25) is 10.2 Å². The molecule has 2 atom stereocenters. The number of nitrogens with one attached hydrogen (secondary N) is 1. The number of carbonyl (C=O) groups is 1.